The van der Waals surface area contributed by atoms with Crippen LogP contribution in [0.25, 0.3) is 5.69 Å². The van der Waals surface area contributed by atoms with Crippen LogP contribution in [0.4, 0.5) is 0 Å². The molecule has 0 aliphatic carbocycles. The summed E-state index contributed by atoms with van der Waals surface area (Å²) in [5, 5.41) is 3.77. The average Bonchev–Trinajstić information content (AvgIpc) is 2.82. The maximum atomic E-state index is 12.1. The number of nitrogens with zero attached hydrogens (tertiary/aromatic N) is 1. The molecule has 0 N–H and O–H groups in total. The first-order valence-corrected chi connectivity index (χ1v) is 6.93. The van der Waals surface area contributed by atoms with E-state index in [1.54, 1.807) is 20.8 Å². The second-order valence-corrected chi connectivity index (χ2v) is 4.94. The molecule has 0 atom stereocenters. The van der Waals surface area contributed by atoms with Gasteiger partial charge in [-0.15, -0.1) is 0 Å². The number of esters is 1. The van der Waals surface area contributed by atoms with Crippen molar-refractivity contribution in [3.63, 3.8) is 0 Å². The molecule has 0 bridgehead atoms. The number of aryl methyl sites for hydroxylation is 1. The Morgan fingerprint density at radius 2 is 2.16 bits per heavy atom. The fourth-order valence-corrected chi connectivity index (χ4v) is 2.72. The first kappa shape index (κ1) is 13.5. The highest BCUT2D eigenvalue weighted by atomic mass is 32.1. The Hall–Kier alpha value is -1.88. The van der Waals surface area contributed by atoms with Crippen molar-refractivity contribution in [1.82, 2.24) is 4.57 Å². The lowest BCUT2D eigenvalue weighted by Crippen LogP contribution is -2.24. The van der Waals surface area contributed by atoms with E-state index < -0.39 is 0 Å². The van der Waals surface area contributed by atoms with Gasteiger partial charge in [0.05, 0.1) is 17.9 Å². The third-order valence-corrected chi connectivity index (χ3v) is 3.57. The number of carbonyl (C=O) groups is 1. The molecule has 5 heteroatoms. The van der Waals surface area contributed by atoms with Gasteiger partial charge in [-0.05, 0) is 37.8 Å². The van der Waals surface area contributed by atoms with E-state index in [-0.39, 0.29) is 11.5 Å². The Morgan fingerprint density at radius 3 is 2.74 bits per heavy atom. The van der Waals surface area contributed by atoms with Crippen molar-refractivity contribution < 1.29 is 9.53 Å². The standard InChI is InChI=1S/C14H15NO3S/c1-4-18-14(17)13-9(2)7-12(16)15(10(13)3)11-5-6-19-8-11/h5-8H,4H2,1-3H3. The summed E-state index contributed by atoms with van der Waals surface area (Å²) in [5.41, 5.74) is 2.36. The van der Waals surface area contributed by atoms with Gasteiger partial charge in [-0.25, -0.2) is 4.79 Å². The lowest BCUT2D eigenvalue weighted by Gasteiger charge is -2.14. The highest BCUT2D eigenvalue weighted by molar-refractivity contribution is 7.08. The Morgan fingerprint density at radius 1 is 1.42 bits per heavy atom. The third-order valence-electron chi connectivity index (χ3n) is 2.90. The molecule has 0 spiro atoms. The van der Waals surface area contributed by atoms with Gasteiger partial charge < -0.3 is 4.74 Å². The van der Waals surface area contributed by atoms with E-state index in [4.69, 9.17) is 4.74 Å². The first-order valence-electron chi connectivity index (χ1n) is 5.99. The van der Waals surface area contributed by atoms with Crippen LogP contribution in [0, 0.1) is 13.8 Å². The SMILES string of the molecule is CCOC(=O)c1c(C)cc(=O)n(-c2ccsc2)c1C. The minimum atomic E-state index is -0.388. The molecule has 0 fully saturated rings. The van der Waals surface area contributed by atoms with Crippen molar-refractivity contribution in [3.8, 4) is 5.69 Å². The van der Waals surface area contributed by atoms with Crippen LogP contribution in [0.15, 0.2) is 27.7 Å². The number of thiophene rings is 1. The highest BCUT2D eigenvalue weighted by Gasteiger charge is 2.18. The Labute approximate surface area is 115 Å². The lowest BCUT2D eigenvalue weighted by atomic mass is 10.1. The summed E-state index contributed by atoms with van der Waals surface area (Å²) in [5.74, 6) is -0.388. The van der Waals surface area contributed by atoms with E-state index in [0.717, 1.165) is 5.69 Å². The minimum absolute atomic E-state index is 0.138. The molecule has 2 heterocycles. The van der Waals surface area contributed by atoms with Gasteiger partial charge >= 0.3 is 5.97 Å². The predicted molar refractivity (Wildman–Crippen MR) is 75.3 cm³/mol. The predicted octanol–water partition coefficient (Wildman–Crippen LogP) is 2.69. The van der Waals surface area contributed by atoms with Gasteiger partial charge in [0.1, 0.15) is 0 Å². The minimum Gasteiger partial charge on any atom is -0.462 e. The van der Waals surface area contributed by atoms with Crippen LogP contribution in [0.3, 0.4) is 0 Å². The van der Waals surface area contributed by atoms with Crippen molar-refractivity contribution in [2.75, 3.05) is 6.61 Å². The maximum Gasteiger partial charge on any atom is 0.340 e. The van der Waals surface area contributed by atoms with Crippen LogP contribution in [0.2, 0.25) is 0 Å². The number of pyridine rings is 1. The molecule has 19 heavy (non-hydrogen) atoms. The van der Waals surface area contributed by atoms with Gasteiger partial charge in [0.2, 0.25) is 0 Å². The molecule has 0 amide bonds. The fourth-order valence-electron chi connectivity index (χ4n) is 2.10. The van der Waals surface area contributed by atoms with Crippen molar-refractivity contribution in [2.45, 2.75) is 20.8 Å². The summed E-state index contributed by atoms with van der Waals surface area (Å²) in [7, 11) is 0. The van der Waals surface area contributed by atoms with Crippen molar-refractivity contribution in [1.29, 1.82) is 0 Å². The smallest absolute Gasteiger partial charge is 0.340 e. The third kappa shape index (κ3) is 2.46. The summed E-state index contributed by atoms with van der Waals surface area (Å²) in [6.45, 7) is 5.59. The maximum absolute atomic E-state index is 12.1. The van der Waals surface area contributed by atoms with E-state index in [1.807, 2.05) is 16.8 Å². The van der Waals surface area contributed by atoms with Gasteiger partial charge in [0, 0.05) is 17.1 Å². The highest BCUT2D eigenvalue weighted by Crippen LogP contribution is 2.18. The molecular weight excluding hydrogens is 262 g/mol. The summed E-state index contributed by atoms with van der Waals surface area (Å²) < 4.78 is 6.59. The van der Waals surface area contributed by atoms with E-state index in [1.165, 1.54) is 22.0 Å². The number of ether oxygens (including phenoxy) is 1. The molecule has 0 unspecified atom stereocenters. The van der Waals surface area contributed by atoms with E-state index in [0.29, 0.717) is 23.4 Å². The molecule has 2 aromatic heterocycles. The largest absolute Gasteiger partial charge is 0.462 e. The van der Waals surface area contributed by atoms with Gasteiger partial charge in [0.25, 0.3) is 5.56 Å². The second kappa shape index (κ2) is 5.40. The molecule has 0 saturated carbocycles. The molecule has 0 aromatic carbocycles. The summed E-state index contributed by atoms with van der Waals surface area (Å²) in [6.07, 6.45) is 0. The topological polar surface area (TPSA) is 48.3 Å². The van der Waals surface area contributed by atoms with Gasteiger partial charge in [-0.2, -0.15) is 11.3 Å². The molecule has 0 saturated heterocycles. The second-order valence-electron chi connectivity index (χ2n) is 4.16. The quantitative estimate of drug-likeness (QED) is 0.810. The van der Waals surface area contributed by atoms with E-state index >= 15 is 0 Å². The Kier molecular flexibility index (Phi) is 3.85. The summed E-state index contributed by atoms with van der Waals surface area (Å²) in [6, 6.07) is 3.32. The summed E-state index contributed by atoms with van der Waals surface area (Å²) >= 11 is 1.50. The van der Waals surface area contributed by atoms with Gasteiger partial charge in [-0.3, -0.25) is 9.36 Å². The van der Waals surface area contributed by atoms with Crippen LogP contribution < -0.4 is 5.56 Å². The van der Waals surface area contributed by atoms with Crippen molar-refractivity contribution >= 4 is 17.3 Å². The van der Waals surface area contributed by atoms with Crippen LogP contribution in [0.5, 0.6) is 0 Å². The number of aromatic nitrogens is 1. The first-order chi connectivity index (χ1) is 9.06. The molecular formula is C14H15NO3S. The van der Waals surface area contributed by atoms with Crippen LogP contribution >= 0.6 is 11.3 Å². The van der Waals surface area contributed by atoms with E-state index in [2.05, 4.69) is 0 Å². The number of hydrogen-bond acceptors (Lipinski definition) is 4. The molecule has 0 aliphatic heterocycles. The molecule has 0 aliphatic rings. The fraction of sp³-hybridized carbons (Fsp3) is 0.286. The van der Waals surface area contributed by atoms with Crippen LogP contribution in [-0.4, -0.2) is 17.1 Å². The zero-order chi connectivity index (χ0) is 14.0. The zero-order valence-electron chi connectivity index (χ0n) is 11.1. The van der Waals surface area contributed by atoms with Crippen molar-refractivity contribution in [3.05, 3.63) is 50.1 Å². The summed E-state index contributed by atoms with van der Waals surface area (Å²) in [4.78, 5) is 24.1. The number of hydrogen-bond donors (Lipinski definition) is 0. The van der Waals surface area contributed by atoms with Crippen LogP contribution in [-0.2, 0) is 4.74 Å². The number of rotatable bonds is 3. The Bertz CT molecular complexity index is 656. The molecule has 4 nitrogen and oxygen atoms in total. The molecule has 2 aromatic rings. The average molecular weight is 277 g/mol. The monoisotopic (exact) mass is 277 g/mol. The lowest BCUT2D eigenvalue weighted by molar-refractivity contribution is 0.0523. The zero-order valence-corrected chi connectivity index (χ0v) is 11.9. The molecule has 100 valence electrons. The van der Waals surface area contributed by atoms with Gasteiger partial charge in [-0.1, -0.05) is 0 Å². The molecule has 0 radical (unpaired) electrons. The Balaban J connectivity index is 2.67. The van der Waals surface area contributed by atoms with Crippen molar-refractivity contribution in [2.24, 2.45) is 0 Å². The number of carbonyl (C=O) groups excluding carboxylic acids is 1. The van der Waals surface area contributed by atoms with Crippen LogP contribution in [0.1, 0.15) is 28.5 Å². The van der Waals surface area contributed by atoms with E-state index in [9.17, 15) is 9.59 Å². The molecule has 2 rings (SSSR count). The van der Waals surface area contributed by atoms with Gasteiger partial charge in [0.15, 0.2) is 0 Å². The normalized spacial score (nSPS) is 10.5.